The zero-order valence-corrected chi connectivity index (χ0v) is 20.4. The SMILES string of the molecule is CCN(CC(=O)Nc1ccc(N2CCOCC2)cc1)C(=O)/C=C/c1ccc(-c2ccccc2F)s1. The fourth-order valence-electron chi connectivity index (χ4n) is 3.80. The van der Waals surface area contributed by atoms with E-state index >= 15 is 0 Å². The van der Waals surface area contributed by atoms with Crippen LogP contribution in [0.25, 0.3) is 16.5 Å². The second-order valence-electron chi connectivity index (χ2n) is 8.06. The van der Waals surface area contributed by atoms with Gasteiger partial charge < -0.3 is 19.9 Å². The summed E-state index contributed by atoms with van der Waals surface area (Å²) in [7, 11) is 0. The lowest BCUT2D eigenvalue weighted by Crippen LogP contribution is -2.37. The number of carbonyl (C=O) groups excluding carboxylic acids is 2. The van der Waals surface area contributed by atoms with Gasteiger partial charge in [0.1, 0.15) is 12.4 Å². The molecular weight excluding hydrogens is 465 g/mol. The molecule has 6 nitrogen and oxygen atoms in total. The van der Waals surface area contributed by atoms with E-state index in [1.807, 2.05) is 43.3 Å². The molecule has 0 saturated carbocycles. The number of nitrogens with zero attached hydrogens (tertiary/aromatic N) is 2. The fraction of sp³-hybridized carbons (Fsp3) is 0.259. The topological polar surface area (TPSA) is 61.9 Å². The smallest absolute Gasteiger partial charge is 0.247 e. The van der Waals surface area contributed by atoms with Crippen LogP contribution in [0.15, 0.2) is 66.7 Å². The van der Waals surface area contributed by atoms with Crippen molar-refractivity contribution in [3.05, 3.63) is 77.4 Å². The lowest BCUT2D eigenvalue weighted by atomic mass is 10.2. The molecule has 2 aromatic carbocycles. The summed E-state index contributed by atoms with van der Waals surface area (Å²) in [5, 5.41) is 2.86. The number of morpholine rings is 1. The van der Waals surface area contributed by atoms with Gasteiger partial charge in [0.05, 0.1) is 13.2 Å². The Bertz CT molecular complexity index is 1190. The summed E-state index contributed by atoms with van der Waals surface area (Å²) in [4.78, 5) is 30.6. The van der Waals surface area contributed by atoms with Crippen LogP contribution in [-0.4, -0.2) is 56.1 Å². The van der Waals surface area contributed by atoms with Crippen LogP contribution in [-0.2, 0) is 14.3 Å². The van der Waals surface area contributed by atoms with Gasteiger partial charge in [0, 0.05) is 52.4 Å². The van der Waals surface area contributed by atoms with Crippen molar-refractivity contribution in [2.45, 2.75) is 6.92 Å². The highest BCUT2D eigenvalue weighted by molar-refractivity contribution is 7.16. The maximum Gasteiger partial charge on any atom is 0.247 e. The highest BCUT2D eigenvalue weighted by atomic mass is 32.1. The van der Waals surface area contributed by atoms with Gasteiger partial charge in [0.15, 0.2) is 0 Å². The van der Waals surface area contributed by atoms with Crippen LogP contribution in [0.2, 0.25) is 0 Å². The van der Waals surface area contributed by atoms with E-state index in [-0.39, 0.29) is 24.2 Å². The number of nitrogens with one attached hydrogen (secondary N) is 1. The standard InChI is InChI=1S/C27H28FN3O3S/c1-2-30(19-26(32)29-20-7-9-21(10-8-20)31-15-17-34-18-16-31)27(33)14-12-22-11-13-25(35-22)23-5-3-4-6-24(23)28/h3-14H,2,15-19H2,1H3,(H,29,32)/b14-12+. The number of anilines is 2. The van der Waals surface area contributed by atoms with Crippen molar-refractivity contribution in [3.63, 3.8) is 0 Å². The molecule has 1 N–H and O–H groups in total. The van der Waals surface area contributed by atoms with Gasteiger partial charge >= 0.3 is 0 Å². The molecule has 4 rings (SSSR count). The number of thiophene rings is 1. The van der Waals surface area contributed by atoms with E-state index in [2.05, 4.69) is 10.2 Å². The van der Waals surface area contributed by atoms with Crippen molar-refractivity contribution in [3.8, 4) is 10.4 Å². The Hall–Kier alpha value is -3.49. The number of benzene rings is 2. The van der Waals surface area contributed by atoms with Crippen molar-refractivity contribution in [1.82, 2.24) is 4.90 Å². The van der Waals surface area contributed by atoms with Crippen LogP contribution in [0.4, 0.5) is 15.8 Å². The number of likely N-dealkylation sites (N-methyl/N-ethyl adjacent to an activating group) is 1. The van der Waals surface area contributed by atoms with Gasteiger partial charge in [-0.3, -0.25) is 9.59 Å². The summed E-state index contributed by atoms with van der Waals surface area (Å²) in [6.45, 7) is 5.32. The Morgan fingerprint density at radius 3 is 2.54 bits per heavy atom. The van der Waals surface area contributed by atoms with Gasteiger partial charge in [0.25, 0.3) is 0 Å². The number of halogens is 1. The molecule has 1 aliphatic rings. The second kappa shape index (κ2) is 11.8. The lowest BCUT2D eigenvalue weighted by Gasteiger charge is -2.29. The van der Waals surface area contributed by atoms with Gasteiger partial charge in [-0.05, 0) is 55.5 Å². The number of rotatable bonds is 8. The number of hydrogen-bond acceptors (Lipinski definition) is 5. The maximum atomic E-state index is 14.0. The summed E-state index contributed by atoms with van der Waals surface area (Å²) >= 11 is 1.40. The molecule has 2 amide bonds. The zero-order valence-electron chi connectivity index (χ0n) is 19.6. The summed E-state index contributed by atoms with van der Waals surface area (Å²) in [6.07, 6.45) is 3.15. The Kier molecular flexibility index (Phi) is 8.28. The molecule has 0 aliphatic carbocycles. The average molecular weight is 494 g/mol. The molecule has 0 atom stereocenters. The molecule has 182 valence electrons. The van der Waals surface area contributed by atoms with E-state index in [0.717, 1.165) is 28.5 Å². The lowest BCUT2D eigenvalue weighted by molar-refractivity contribution is -0.130. The molecule has 2 heterocycles. The van der Waals surface area contributed by atoms with Crippen molar-refractivity contribution in [2.75, 3.05) is 49.6 Å². The predicted molar refractivity (Wildman–Crippen MR) is 139 cm³/mol. The van der Waals surface area contributed by atoms with Crippen molar-refractivity contribution < 1.29 is 18.7 Å². The Labute approximate surface area is 208 Å². The van der Waals surface area contributed by atoms with E-state index in [1.165, 1.54) is 28.4 Å². The third kappa shape index (κ3) is 6.55. The van der Waals surface area contributed by atoms with Crippen LogP contribution in [0.3, 0.4) is 0 Å². The number of hydrogen-bond donors (Lipinski definition) is 1. The third-order valence-corrected chi connectivity index (χ3v) is 6.80. The molecule has 0 unspecified atom stereocenters. The first-order valence-electron chi connectivity index (χ1n) is 11.6. The highest BCUT2D eigenvalue weighted by Gasteiger charge is 2.15. The van der Waals surface area contributed by atoms with Gasteiger partial charge in [0.2, 0.25) is 11.8 Å². The third-order valence-electron chi connectivity index (χ3n) is 5.71. The van der Waals surface area contributed by atoms with E-state index in [9.17, 15) is 14.0 Å². The first kappa shape index (κ1) is 24.6. The number of carbonyl (C=O) groups is 2. The van der Waals surface area contributed by atoms with Crippen LogP contribution < -0.4 is 10.2 Å². The van der Waals surface area contributed by atoms with E-state index < -0.39 is 0 Å². The molecule has 35 heavy (non-hydrogen) atoms. The summed E-state index contributed by atoms with van der Waals surface area (Å²) in [5.41, 5.74) is 2.31. The summed E-state index contributed by atoms with van der Waals surface area (Å²) < 4.78 is 19.4. The first-order chi connectivity index (χ1) is 17.0. The molecule has 1 aliphatic heterocycles. The normalized spacial score (nSPS) is 13.7. The van der Waals surface area contributed by atoms with Crippen molar-refractivity contribution in [1.29, 1.82) is 0 Å². The maximum absolute atomic E-state index is 14.0. The van der Waals surface area contributed by atoms with Gasteiger partial charge in [-0.15, -0.1) is 11.3 Å². The minimum absolute atomic E-state index is 0.0458. The summed E-state index contributed by atoms with van der Waals surface area (Å²) in [5.74, 6) is -0.795. The molecule has 8 heteroatoms. The van der Waals surface area contributed by atoms with Crippen LogP contribution >= 0.6 is 11.3 Å². The minimum atomic E-state index is -0.278. The Morgan fingerprint density at radius 1 is 1.09 bits per heavy atom. The van der Waals surface area contributed by atoms with Gasteiger partial charge in [-0.1, -0.05) is 18.2 Å². The van der Waals surface area contributed by atoms with E-state index in [4.69, 9.17) is 4.74 Å². The number of ether oxygens (including phenoxy) is 1. The molecule has 3 aromatic rings. The number of amides is 2. The van der Waals surface area contributed by atoms with Gasteiger partial charge in [-0.2, -0.15) is 0 Å². The Balaban J connectivity index is 1.31. The quantitative estimate of drug-likeness (QED) is 0.454. The van der Waals surface area contributed by atoms with E-state index in [0.29, 0.717) is 31.0 Å². The molecule has 1 fully saturated rings. The highest BCUT2D eigenvalue weighted by Crippen LogP contribution is 2.30. The molecule has 0 radical (unpaired) electrons. The van der Waals surface area contributed by atoms with Crippen LogP contribution in [0.1, 0.15) is 11.8 Å². The summed E-state index contributed by atoms with van der Waals surface area (Å²) in [6, 6.07) is 18.0. The molecule has 1 aromatic heterocycles. The van der Waals surface area contributed by atoms with E-state index in [1.54, 1.807) is 24.3 Å². The molecular formula is C27H28FN3O3S. The second-order valence-corrected chi connectivity index (χ2v) is 9.18. The predicted octanol–water partition coefficient (Wildman–Crippen LogP) is 4.89. The molecule has 0 bridgehead atoms. The average Bonchev–Trinajstić information content (AvgIpc) is 3.36. The van der Waals surface area contributed by atoms with Crippen molar-refractivity contribution in [2.24, 2.45) is 0 Å². The Morgan fingerprint density at radius 2 is 1.83 bits per heavy atom. The monoisotopic (exact) mass is 493 g/mol. The fourth-order valence-corrected chi connectivity index (χ4v) is 4.74. The van der Waals surface area contributed by atoms with Crippen LogP contribution in [0, 0.1) is 5.82 Å². The largest absolute Gasteiger partial charge is 0.378 e. The molecule has 1 saturated heterocycles. The zero-order chi connectivity index (χ0) is 24.6. The van der Waals surface area contributed by atoms with Gasteiger partial charge in [-0.25, -0.2) is 4.39 Å². The van der Waals surface area contributed by atoms with Crippen LogP contribution in [0.5, 0.6) is 0 Å². The minimum Gasteiger partial charge on any atom is -0.378 e. The van der Waals surface area contributed by atoms with Crippen molar-refractivity contribution >= 4 is 40.6 Å². The first-order valence-corrected chi connectivity index (χ1v) is 12.4. The molecule has 0 spiro atoms.